The summed E-state index contributed by atoms with van der Waals surface area (Å²) >= 11 is 1.77. The van der Waals surface area contributed by atoms with Crippen LogP contribution in [0, 0.1) is 5.75 Å². The monoisotopic (exact) mass is 187 g/mol. The quantitative estimate of drug-likeness (QED) is 0.637. The highest BCUT2D eigenvalue weighted by atomic mass is 32.2. The van der Waals surface area contributed by atoms with Crippen LogP contribution in [0.3, 0.4) is 0 Å². The third-order valence-corrected chi connectivity index (χ3v) is 2.74. The fraction of sp³-hybridized carbons (Fsp3) is 0.0833. The summed E-state index contributed by atoms with van der Waals surface area (Å²) in [4.78, 5) is 1.31. The molecule has 0 fully saturated rings. The summed E-state index contributed by atoms with van der Waals surface area (Å²) in [6.45, 7) is 2.06. The van der Waals surface area contributed by atoms with Crippen molar-refractivity contribution >= 4 is 22.5 Å². The zero-order valence-corrected chi connectivity index (χ0v) is 8.34. The Kier molecular flexibility index (Phi) is 2.55. The summed E-state index contributed by atoms with van der Waals surface area (Å²) in [5.74, 6) is 2.10. The van der Waals surface area contributed by atoms with Gasteiger partial charge in [0, 0.05) is 10.6 Å². The van der Waals surface area contributed by atoms with Crippen molar-refractivity contribution in [2.75, 3.05) is 0 Å². The first-order valence-corrected chi connectivity index (χ1v) is 5.21. The van der Waals surface area contributed by atoms with Gasteiger partial charge in [0.15, 0.2) is 0 Å². The van der Waals surface area contributed by atoms with Gasteiger partial charge in [-0.3, -0.25) is 0 Å². The molecule has 0 N–H and O–H groups in total. The van der Waals surface area contributed by atoms with Crippen molar-refractivity contribution in [2.24, 2.45) is 0 Å². The minimum Gasteiger partial charge on any atom is -0.122 e. The molecule has 0 bridgehead atoms. The van der Waals surface area contributed by atoms with Gasteiger partial charge < -0.3 is 0 Å². The molecule has 0 aliphatic heterocycles. The summed E-state index contributed by atoms with van der Waals surface area (Å²) < 4.78 is 0. The molecule has 2 aromatic rings. The van der Waals surface area contributed by atoms with Gasteiger partial charge in [0.05, 0.1) is 0 Å². The van der Waals surface area contributed by atoms with Gasteiger partial charge in [0.1, 0.15) is 0 Å². The van der Waals surface area contributed by atoms with E-state index in [1.165, 1.54) is 15.7 Å². The van der Waals surface area contributed by atoms with E-state index in [9.17, 15) is 0 Å². The van der Waals surface area contributed by atoms with Gasteiger partial charge in [-0.05, 0) is 22.9 Å². The number of hydrogen-bond acceptors (Lipinski definition) is 1. The molecule has 1 heteroatoms. The second-order valence-corrected chi connectivity index (χ2v) is 4.04. The van der Waals surface area contributed by atoms with E-state index in [1.54, 1.807) is 11.8 Å². The Labute approximate surface area is 83.0 Å². The maximum atomic E-state index is 2.22. The normalized spacial score (nSPS) is 10.5. The van der Waals surface area contributed by atoms with Crippen LogP contribution in [-0.2, 0) is 0 Å². The lowest BCUT2D eigenvalue weighted by Gasteiger charge is -2.00. The maximum Gasteiger partial charge on any atom is 0.0186 e. The molecule has 65 valence electrons. The van der Waals surface area contributed by atoms with Gasteiger partial charge in [-0.25, -0.2) is 0 Å². The molecule has 0 amide bonds. The van der Waals surface area contributed by atoms with Crippen LogP contribution in [0.2, 0.25) is 0 Å². The topological polar surface area (TPSA) is 0 Å². The van der Waals surface area contributed by atoms with Gasteiger partial charge in [-0.1, -0.05) is 37.3 Å². The second kappa shape index (κ2) is 3.84. The van der Waals surface area contributed by atoms with Crippen molar-refractivity contribution in [2.45, 2.75) is 11.8 Å². The lowest BCUT2D eigenvalue weighted by atomic mass is 10.1. The summed E-state index contributed by atoms with van der Waals surface area (Å²) in [6.07, 6.45) is 0. The summed E-state index contributed by atoms with van der Waals surface area (Å²) in [6, 6.07) is 15.0. The predicted molar refractivity (Wildman–Crippen MR) is 59.8 cm³/mol. The molecule has 0 saturated heterocycles. The lowest BCUT2D eigenvalue weighted by molar-refractivity contribution is 1.50. The Bertz CT molecular complexity index is 407. The first-order chi connectivity index (χ1) is 6.40. The van der Waals surface area contributed by atoms with E-state index in [2.05, 4.69) is 55.1 Å². The van der Waals surface area contributed by atoms with E-state index in [1.807, 2.05) is 0 Å². The highest BCUT2D eigenvalue weighted by Crippen LogP contribution is 2.24. The van der Waals surface area contributed by atoms with Crippen molar-refractivity contribution in [1.82, 2.24) is 0 Å². The summed E-state index contributed by atoms with van der Waals surface area (Å²) in [5, 5.41) is 2.62. The predicted octanol–water partition coefficient (Wildman–Crippen LogP) is 4.11. The van der Waals surface area contributed by atoms with Gasteiger partial charge in [-0.15, -0.1) is 11.8 Å². The largest absolute Gasteiger partial charge is 0.122 e. The minimum atomic E-state index is 1.31. The Morgan fingerprint density at radius 2 is 1.77 bits per heavy atom. The molecular weight excluding hydrogens is 176 g/mol. The summed E-state index contributed by atoms with van der Waals surface area (Å²) in [5.41, 5.74) is 0. The molecule has 0 saturated carbocycles. The Balaban J connectivity index is 2.49. The summed E-state index contributed by atoms with van der Waals surface area (Å²) in [7, 11) is 0. The number of hydrogen-bond donors (Lipinski definition) is 0. The fourth-order valence-corrected chi connectivity index (χ4v) is 1.99. The third-order valence-electron chi connectivity index (χ3n) is 1.97. The van der Waals surface area contributed by atoms with Crippen molar-refractivity contribution < 1.29 is 0 Å². The first-order valence-electron chi connectivity index (χ1n) is 4.33. The SMILES string of the molecule is C[CH]Sc1ccc2ccccc2c1. The lowest BCUT2D eigenvalue weighted by Crippen LogP contribution is -1.73. The molecule has 0 aromatic heterocycles. The third kappa shape index (κ3) is 1.86. The van der Waals surface area contributed by atoms with E-state index < -0.39 is 0 Å². The van der Waals surface area contributed by atoms with Crippen LogP contribution in [0.1, 0.15) is 6.92 Å². The molecule has 1 radical (unpaired) electrons. The number of benzene rings is 2. The van der Waals surface area contributed by atoms with E-state index >= 15 is 0 Å². The smallest absolute Gasteiger partial charge is 0.0186 e. The van der Waals surface area contributed by atoms with Gasteiger partial charge in [-0.2, -0.15) is 0 Å². The van der Waals surface area contributed by atoms with Gasteiger partial charge in [0.25, 0.3) is 0 Å². The Hall–Kier alpha value is -0.950. The van der Waals surface area contributed by atoms with Crippen LogP contribution in [0.5, 0.6) is 0 Å². The molecule has 0 unspecified atom stereocenters. The molecule has 0 atom stereocenters. The number of thioether (sulfide) groups is 1. The average molecular weight is 187 g/mol. The Morgan fingerprint density at radius 3 is 2.54 bits per heavy atom. The zero-order valence-electron chi connectivity index (χ0n) is 7.53. The molecule has 13 heavy (non-hydrogen) atoms. The van der Waals surface area contributed by atoms with E-state index in [0.717, 1.165) is 0 Å². The number of fused-ring (bicyclic) bond motifs is 1. The van der Waals surface area contributed by atoms with Crippen molar-refractivity contribution in [3.05, 3.63) is 48.2 Å². The van der Waals surface area contributed by atoms with Crippen LogP contribution in [0.4, 0.5) is 0 Å². The molecule has 0 spiro atoms. The highest BCUT2D eigenvalue weighted by Gasteiger charge is 1.94. The van der Waals surface area contributed by atoms with Crippen LogP contribution in [0.25, 0.3) is 10.8 Å². The average Bonchev–Trinajstić information content (AvgIpc) is 2.18. The molecule has 0 nitrogen and oxygen atoms in total. The zero-order chi connectivity index (χ0) is 9.10. The van der Waals surface area contributed by atoms with Crippen LogP contribution >= 0.6 is 11.8 Å². The van der Waals surface area contributed by atoms with Gasteiger partial charge in [0.2, 0.25) is 0 Å². The van der Waals surface area contributed by atoms with Crippen molar-refractivity contribution in [3.8, 4) is 0 Å². The first kappa shape index (κ1) is 8.64. The van der Waals surface area contributed by atoms with E-state index in [4.69, 9.17) is 0 Å². The van der Waals surface area contributed by atoms with Gasteiger partial charge >= 0.3 is 0 Å². The van der Waals surface area contributed by atoms with Crippen LogP contribution in [0.15, 0.2) is 47.4 Å². The minimum absolute atomic E-state index is 1.31. The standard InChI is InChI=1S/C12H11S/c1-2-13-12-8-7-10-5-3-4-6-11(10)9-12/h2-9H,1H3. The Morgan fingerprint density at radius 1 is 1.00 bits per heavy atom. The van der Waals surface area contributed by atoms with Crippen molar-refractivity contribution in [1.29, 1.82) is 0 Å². The van der Waals surface area contributed by atoms with E-state index in [0.29, 0.717) is 0 Å². The second-order valence-electron chi connectivity index (χ2n) is 2.86. The van der Waals surface area contributed by atoms with Crippen molar-refractivity contribution in [3.63, 3.8) is 0 Å². The highest BCUT2D eigenvalue weighted by molar-refractivity contribution is 8.01. The molecular formula is C12H11S. The van der Waals surface area contributed by atoms with Crippen LogP contribution < -0.4 is 0 Å². The molecule has 2 rings (SSSR count). The molecule has 0 aliphatic rings. The van der Waals surface area contributed by atoms with Crippen LogP contribution in [-0.4, -0.2) is 0 Å². The molecule has 0 aliphatic carbocycles. The van der Waals surface area contributed by atoms with E-state index in [-0.39, 0.29) is 0 Å². The maximum absolute atomic E-state index is 2.22. The molecule has 0 heterocycles. The molecule has 2 aromatic carbocycles. The number of rotatable bonds is 2. The fourth-order valence-electron chi connectivity index (χ4n) is 1.38.